The minimum absolute atomic E-state index is 0.0693. The van der Waals surface area contributed by atoms with Gasteiger partial charge in [-0.15, -0.1) is 0 Å². The molecule has 0 aliphatic rings. The molecule has 0 aliphatic carbocycles. The summed E-state index contributed by atoms with van der Waals surface area (Å²) in [5.41, 5.74) is 5.87. The van der Waals surface area contributed by atoms with Gasteiger partial charge in [-0.3, -0.25) is 10.1 Å². The van der Waals surface area contributed by atoms with Gasteiger partial charge in [0.15, 0.2) is 5.84 Å². The molecule has 1 aromatic rings. The maximum absolute atomic E-state index is 10.5. The molecule has 0 unspecified atom stereocenters. The van der Waals surface area contributed by atoms with E-state index >= 15 is 0 Å². The summed E-state index contributed by atoms with van der Waals surface area (Å²) in [6, 6.07) is 4.24. The summed E-state index contributed by atoms with van der Waals surface area (Å²) < 4.78 is 5.16. The van der Waals surface area contributed by atoms with Crippen LogP contribution in [0.1, 0.15) is 5.56 Å². The molecule has 0 saturated carbocycles. The van der Waals surface area contributed by atoms with Gasteiger partial charge in [-0.25, -0.2) is 0 Å². The van der Waals surface area contributed by atoms with Gasteiger partial charge in [-0.1, -0.05) is 5.16 Å². The van der Waals surface area contributed by atoms with Crippen molar-refractivity contribution in [3.05, 3.63) is 33.9 Å². The Labute approximate surface area is 91.3 Å². The van der Waals surface area contributed by atoms with Crippen LogP contribution in [0.15, 0.2) is 23.4 Å². The van der Waals surface area contributed by atoms with Gasteiger partial charge in [0.1, 0.15) is 12.4 Å². The number of nitro groups is 1. The zero-order chi connectivity index (χ0) is 12.1. The first-order chi connectivity index (χ1) is 7.54. The molecule has 0 saturated heterocycles. The number of hydrogen-bond donors (Lipinski definition) is 2. The Bertz CT molecular complexity index is 431. The zero-order valence-corrected chi connectivity index (χ0v) is 8.58. The Balaban J connectivity index is 2.86. The Morgan fingerprint density at radius 1 is 1.69 bits per heavy atom. The molecule has 1 rings (SSSR count). The number of nitrogens with zero attached hydrogens (tertiary/aromatic N) is 2. The molecule has 0 radical (unpaired) electrons. The molecule has 0 spiro atoms. The number of rotatable bonds is 4. The number of non-ortho nitro benzene ring substituents is 1. The van der Waals surface area contributed by atoms with Gasteiger partial charge >= 0.3 is 0 Å². The first-order valence-electron chi connectivity index (χ1n) is 4.39. The predicted molar refractivity (Wildman–Crippen MR) is 56.7 cm³/mol. The molecule has 0 fully saturated rings. The van der Waals surface area contributed by atoms with E-state index in [1.807, 2.05) is 0 Å². The molecule has 0 amide bonds. The molecule has 7 heteroatoms. The molecule has 0 aliphatic heterocycles. The first kappa shape index (κ1) is 11.8. The lowest BCUT2D eigenvalue weighted by Gasteiger charge is -2.07. The van der Waals surface area contributed by atoms with Crippen molar-refractivity contribution in [2.45, 2.75) is 6.92 Å². The van der Waals surface area contributed by atoms with Gasteiger partial charge in [-0.2, -0.15) is 0 Å². The second-order valence-electron chi connectivity index (χ2n) is 3.09. The van der Waals surface area contributed by atoms with Gasteiger partial charge < -0.3 is 15.7 Å². The van der Waals surface area contributed by atoms with E-state index in [1.54, 1.807) is 13.0 Å². The smallest absolute Gasteiger partial charge is 0.273 e. The van der Waals surface area contributed by atoms with E-state index < -0.39 is 4.92 Å². The van der Waals surface area contributed by atoms with Crippen LogP contribution in [-0.4, -0.2) is 22.6 Å². The average Bonchev–Trinajstić information content (AvgIpc) is 2.27. The summed E-state index contributed by atoms with van der Waals surface area (Å²) in [6.07, 6.45) is 0. The summed E-state index contributed by atoms with van der Waals surface area (Å²) in [6.45, 7) is 1.61. The van der Waals surface area contributed by atoms with Crippen LogP contribution in [-0.2, 0) is 0 Å². The van der Waals surface area contributed by atoms with E-state index in [-0.39, 0.29) is 18.1 Å². The van der Waals surface area contributed by atoms with E-state index in [1.165, 1.54) is 12.1 Å². The first-order valence-corrected chi connectivity index (χ1v) is 4.39. The monoisotopic (exact) mass is 225 g/mol. The molecule has 86 valence electrons. The Morgan fingerprint density at radius 2 is 2.38 bits per heavy atom. The third-order valence-electron chi connectivity index (χ3n) is 1.89. The van der Waals surface area contributed by atoms with Gasteiger partial charge in [0.25, 0.3) is 5.69 Å². The molecular weight excluding hydrogens is 214 g/mol. The van der Waals surface area contributed by atoms with E-state index in [9.17, 15) is 10.1 Å². The van der Waals surface area contributed by atoms with Gasteiger partial charge in [0.2, 0.25) is 0 Å². The van der Waals surface area contributed by atoms with E-state index in [4.69, 9.17) is 15.7 Å². The average molecular weight is 225 g/mol. The Kier molecular flexibility index (Phi) is 3.65. The third-order valence-corrected chi connectivity index (χ3v) is 1.89. The van der Waals surface area contributed by atoms with Crippen molar-refractivity contribution in [3.63, 3.8) is 0 Å². The van der Waals surface area contributed by atoms with Gasteiger partial charge in [0.05, 0.1) is 11.0 Å². The van der Waals surface area contributed by atoms with E-state index in [0.29, 0.717) is 5.75 Å². The van der Waals surface area contributed by atoms with E-state index in [0.717, 1.165) is 5.56 Å². The summed E-state index contributed by atoms with van der Waals surface area (Å²) in [4.78, 5) is 10.0. The SMILES string of the molecule is Cc1ccc([N+](=O)[O-])cc1OC/C(N)=N/O. The van der Waals surface area contributed by atoms with Crippen LogP contribution in [0.2, 0.25) is 0 Å². The number of nitro benzene ring substituents is 1. The van der Waals surface area contributed by atoms with Crippen LogP contribution < -0.4 is 10.5 Å². The van der Waals surface area contributed by atoms with Crippen molar-refractivity contribution < 1.29 is 14.9 Å². The quantitative estimate of drug-likeness (QED) is 0.261. The Morgan fingerprint density at radius 3 is 2.94 bits per heavy atom. The van der Waals surface area contributed by atoms with Gasteiger partial charge in [0, 0.05) is 6.07 Å². The standard InChI is InChI=1S/C9H11N3O4/c1-6-2-3-7(12(14)15)4-8(6)16-5-9(10)11-13/h2-4,13H,5H2,1H3,(H2,10,11). The fourth-order valence-corrected chi connectivity index (χ4v) is 1.04. The number of hydrogen-bond acceptors (Lipinski definition) is 5. The molecule has 16 heavy (non-hydrogen) atoms. The van der Waals surface area contributed by atoms with Crippen LogP contribution in [0.3, 0.4) is 0 Å². The van der Waals surface area contributed by atoms with Crippen LogP contribution in [0.5, 0.6) is 5.75 Å². The molecule has 0 aromatic heterocycles. The van der Waals surface area contributed by atoms with Crippen molar-refractivity contribution in [1.82, 2.24) is 0 Å². The molecule has 0 bridgehead atoms. The highest BCUT2D eigenvalue weighted by Gasteiger charge is 2.09. The summed E-state index contributed by atoms with van der Waals surface area (Å²) in [7, 11) is 0. The molecule has 1 aromatic carbocycles. The van der Waals surface area contributed by atoms with Gasteiger partial charge in [-0.05, 0) is 18.6 Å². The van der Waals surface area contributed by atoms with Crippen LogP contribution in [0.25, 0.3) is 0 Å². The van der Waals surface area contributed by atoms with Crippen molar-refractivity contribution >= 4 is 11.5 Å². The summed E-state index contributed by atoms with van der Waals surface area (Å²) in [5.74, 6) is 0.228. The largest absolute Gasteiger partial charge is 0.485 e. The third kappa shape index (κ3) is 2.84. The maximum Gasteiger partial charge on any atom is 0.273 e. The molecule has 0 heterocycles. The fourth-order valence-electron chi connectivity index (χ4n) is 1.04. The van der Waals surface area contributed by atoms with Crippen molar-refractivity contribution in [2.24, 2.45) is 10.9 Å². The highest BCUT2D eigenvalue weighted by Crippen LogP contribution is 2.23. The number of ether oxygens (including phenoxy) is 1. The lowest BCUT2D eigenvalue weighted by molar-refractivity contribution is -0.384. The maximum atomic E-state index is 10.5. The second-order valence-corrected chi connectivity index (χ2v) is 3.09. The normalized spacial score (nSPS) is 11.2. The summed E-state index contributed by atoms with van der Waals surface area (Å²) >= 11 is 0. The predicted octanol–water partition coefficient (Wildman–Crippen LogP) is 1.03. The van der Waals surface area contributed by atoms with Crippen LogP contribution >= 0.6 is 0 Å². The number of amidine groups is 1. The lowest BCUT2D eigenvalue weighted by Crippen LogP contribution is -2.21. The number of oxime groups is 1. The lowest BCUT2D eigenvalue weighted by atomic mass is 10.2. The molecule has 3 N–H and O–H groups in total. The molecule has 7 nitrogen and oxygen atoms in total. The fraction of sp³-hybridized carbons (Fsp3) is 0.222. The number of aryl methyl sites for hydroxylation is 1. The highest BCUT2D eigenvalue weighted by atomic mass is 16.6. The molecular formula is C9H11N3O4. The van der Waals surface area contributed by atoms with Crippen LogP contribution in [0.4, 0.5) is 5.69 Å². The van der Waals surface area contributed by atoms with Crippen LogP contribution in [0, 0.1) is 17.0 Å². The second kappa shape index (κ2) is 4.96. The number of benzene rings is 1. The zero-order valence-electron chi connectivity index (χ0n) is 8.58. The minimum Gasteiger partial charge on any atom is -0.485 e. The minimum atomic E-state index is -0.518. The highest BCUT2D eigenvalue weighted by molar-refractivity contribution is 5.81. The summed E-state index contributed by atoms with van der Waals surface area (Å²) in [5, 5.41) is 21.5. The number of nitrogens with two attached hydrogens (primary N) is 1. The van der Waals surface area contributed by atoms with Crippen molar-refractivity contribution in [2.75, 3.05) is 6.61 Å². The van der Waals surface area contributed by atoms with Crippen molar-refractivity contribution in [1.29, 1.82) is 0 Å². The Hall–Kier alpha value is -2.31. The van der Waals surface area contributed by atoms with Crippen molar-refractivity contribution in [3.8, 4) is 5.75 Å². The molecule has 0 atom stereocenters. The van der Waals surface area contributed by atoms with E-state index in [2.05, 4.69) is 5.16 Å². The topological polar surface area (TPSA) is 111 Å².